The number of nitrogens with zero attached hydrogens (tertiary/aromatic N) is 1. The number of aromatic nitrogens is 1. The molecule has 0 aliphatic rings. The molecule has 128 valence electrons. The normalized spacial score (nSPS) is 14.5. The van der Waals surface area contributed by atoms with E-state index in [2.05, 4.69) is 15.6 Å². The summed E-state index contributed by atoms with van der Waals surface area (Å²) in [5.74, 6) is -2.04. The number of rotatable bonds is 5. The number of urea groups is 1. The highest BCUT2D eigenvalue weighted by Gasteiger charge is 2.20. The molecule has 0 radical (unpaired) electrons. The summed E-state index contributed by atoms with van der Waals surface area (Å²) in [5, 5.41) is 15.5. The third-order valence-electron chi connectivity index (χ3n) is 3.67. The molecule has 2 rings (SSSR count). The summed E-state index contributed by atoms with van der Waals surface area (Å²) in [6, 6.07) is 5.27. The second kappa shape index (κ2) is 7.83. The second-order valence-electron chi connectivity index (χ2n) is 5.53. The highest BCUT2D eigenvalue weighted by Crippen LogP contribution is 2.19. The summed E-state index contributed by atoms with van der Waals surface area (Å²) in [6.45, 7) is 3.38. The molecule has 0 bridgehead atoms. The zero-order valence-corrected chi connectivity index (χ0v) is 13.3. The minimum absolute atomic E-state index is 0.184. The lowest BCUT2D eigenvalue weighted by atomic mass is 10.0. The van der Waals surface area contributed by atoms with Gasteiger partial charge >= 0.3 is 6.03 Å². The highest BCUT2D eigenvalue weighted by molar-refractivity contribution is 5.74. The summed E-state index contributed by atoms with van der Waals surface area (Å²) in [7, 11) is 0. The molecule has 1 aromatic carbocycles. The Morgan fingerprint density at radius 1 is 1.04 bits per heavy atom. The van der Waals surface area contributed by atoms with E-state index in [0.717, 1.165) is 17.7 Å². The van der Waals surface area contributed by atoms with E-state index in [1.807, 2.05) is 6.92 Å². The number of hydrogen-bond acceptors (Lipinski definition) is 3. The van der Waals surface area contributed by atoms with Crippen molar-refractivity contribution in [2.24, 2.45) is 0 Å². The van der Waals surface area contributed by atoms with Gasteiger partial charge in [-0.1, -0.05) is 6.07 Å². The van der Waals surface area contributed by atoms with Crippen LogP contribution in [0, 0.1) is 11.6 Å². The van der Waals surface area contributed by atoms with Gasteiger partial charge in [0.15, 0.2) is 11.6 Å². The van der Waals surface area contributed by atoms with Gasteiger partial charge in [0.05, 0.1) is 18.2 Å². The lowest BCUT2D eigenvalue weighted by Crippen LogP contribution is -2.44. The first-order valence-electron chi connectivity index (χ1n) is 7.48. The van der Waals surface area contributed by atoms with E-state index in [0.29, 0.717) is 0 Å². The first-order valence-corrected chi connectivity index (χ1v) is 7.48. The third kappa shape index (κ3) is 4.48. The van der Waals surface area contributed by atoms with Crippen LogP contribution in [0.1, 0.15) is 37.1 Å². The van der Waals surface area contributed by atoms with Gasteiger partial charge in [-0.2, -0.15) is 0 Å². The molecule has 0 fully saturated rings. The molecule has 0 spiro atoms. The van der Waals surface area contributed by atoms with Crippen LogP contribution in [-0.2, 0) is 0 Å². The minimum Gasteiger partial charge on any atom is -0.386 e. The molecule has 0 saturated heterocycles. The van der Waals surface area contributed by atoms with Crippen molar-refractivity contribution in [1.82, 2.24) is 15.6 Å². The largest absolute Gasteiger partial charge is 0.386 e. The highest BCUT2D eigenvalue weighted by atomic mass is 19.2. The molecule has 1 heterocycles. The predicted molar refractivity (Wildman–Crippen MR) is 85.1 cm³/mol. The average Bonchev–Trinajstić information content (AvgIpc) is 2.57. The molecule has 3 atom stereocenters. The molecule has 3 unspecified atom stereocenters. The van der Waals surface area contributed by atoms with E-state index >= 15 is 0 Å². The third-order valence-corrected chi connectivity index (χ3v) is 3.67. The number of halogens is 2. The fourth-order valence-corrected chi connectivity index (χ4v) is 2.24. The van der Waals surface area contributed by atoms with E-state index in [1.54, 1.807) is 31.5 Å². The maximum absolute atomic E-state index is 13.2. The van der Waals surface area contributed by atoms with E-state index in [4.69, 9.17) is 0 Å². The smallest absolute Gasteiger partial charge is 0.315 e. The fourth-order valence-electron chi connectivity index (χ4n) is 2.24. The Balaban J connectivity index is 1.94. The van der Waals surface area contributed by atoms with Gasteiger partial charge in [-0.05, 0) is 49.2 Å². The van der Waals surface area contributed by atoms with Crippen molar-refractivity contribution in [2.45, 2.75) is 32.0 Å². The molecule has 2 amide bonds. The SMILES string of the molecule is CC(NC(=O)NC(C)C(O)c1ccc(F)c(F)c1)c1ccncc1. The van der Waals surface area contributed by atoms with Crippen LogP contribution in [0.2, 0.25) is 0 Å². The van der Waals surface area contributed by atoms with Crippen molar-refractivity contribution in [1.29, 1.82) is 0 Å². The Bertz CT molecular complexity index is 697. The van der Waals surface area contributed by atoms with Crippen molar-refractivity contribution in [2.75, 3.05) is 0 Å². The van der Waals surface area contributed by atoms with E-state index in [1.165, 1.54) is 6.07 Å². The topological polar surface area (TPSA) is 74.2 Å². The maximum atomic E-state index is 13.2. The number of pyridine rings is 1. The number of carbonyl (C=O) groups excluding carboxylic acids is 1. The lowest BCUT2D eigenvalue weighted by Gasteiger charge is -2.22. The zero-order chi connectivity index (χ0) is 17.7. The first-order chi connectivity index (χ1) is 11.4. The number of aliphatic hydroxyl groups is 1. The Kier molecular flexibility index (Phi) is 5.81. The van der Waals surface area contributed by atoms with Crippen LogP contribution >= 0.6 is 0 Å². The zero-order valence-electron chi connectivity index (χ0n) is 13.3. The summed E-state index contributed by atoms with van der Waals surface area (Å²) in [5.41, 5.74) is 1.07. The van der Waals surface area contributed by atoms with Crippen molar-refractivity contribution in [3.63, 3.8) is 0 Å². The number of benzene rings is 1. The van der Waals surface area contributed by atoms with Crippen molar-refractivity contribution in [3.05, 3.63) is 65.5 Å². The lowest BCUT2D eigenvalue weighted by molar-refractivity contribution is 0.136. The fraction of sp³-hybridized carbons (Fsp3) is 0.294. The van der Waals surface area contributed by atoms with Gasteiger partial charge in [-0.25, -0.2) is 13.6 Å². The quantitative estimate of drug-likeness (QED) is 0.786. The number of nitrogens with one attached hydrogen (secondary N) is 2. The molecule has 0 aliphatic heterocycles. The van der Waals surface area contributed by atoms with Crippen LogP contribution in [0.3, 0.4) is 0 Å². The number of aliphatic hydroxyl groups excluding tert-OH is 1. The molecule has 5 nitrogen and oxygen atoms in total. The van der Waals surface area contributed by atoms with Crippen LogP contribution in [0.25, 0.3) is 0 Å². The van der Waals surface area contributed by atoms with Crippen LogP contribution in [0.4, 0.5) is 13.6 Å². The first kappa shape index (κ1) is 17.8. The number of carbonyl (C=O) groups is 1. The summed E-state index contributed by atoms with van der Waals surface area (Å²) in [4.78, 5) is 15.9. The standard InChI is InChI=1S/C17H19F2N3O2/c1-10(12-5-7-20-8-6-12)21-17(24)22-11(2)16(23)13-3-4-14(18)15(19)9-13/h3-11,16,23H,1-2H3,(H2,21,22,24). The number of amides is 2. The van der Waals surface area contributed by atoms with Crippen LogP contribution in [-0.4, -0.2) is 22.2 Å². The van der Waals surface area contributed by atoms with Gasteiger partial charge < -0.3 is 15.7 Å². The molecule has 1 aromatic heterocycles. The molecule has 0 saturated carbocycles. The second-order valence-corrected chi connectivity index (χ2v) is 5.53. The van der Waals surface area contributed by atoms with Gasteiger partial charge in [0, 0.05) is 12.4 Å². The van der Waals surface area contributed by atoms with Crippen molar-refractivity contribution < 1.29 is 18.7 Å². The summed E-state index contributed by atoms with van der Waals surface area (Å²) < 4.78 is 26.2. The molecule has 2 aromatic rings. The van der Waals surface area contributed by atoms with Crippen molar-refractivity contribution in [3.8, 4) is 0 Å². The van der Waals surface area contributed by atoms with Gasteiger partial charge in [-0.3, -0.25) is 4.98 Å². The van der Waals surface area contributed by atoms with Crippen LogP contribution in [0.5, 0.6) is 0 Å². The van der Waals surface area contributed by atoms with Gasteiger partial charge in [0.1, 0.15) is 0 Å². The predicted octanol–water partition coefficient (Wildman–Crippen LogP) is 2.84. The monoisotopic (exact) mass is 335 g/mol. The van der Waals surface area contributed by atoms with Gasteiger partial charge in [0.2, 0.25) is 0 Å². The van der Waals surface area contributed by atoms with Gasteiger partial charge in [0.25, 0.3) is 0 Å². The molecule has 24 heavy (non-hydrogen) atoms. The summed E-state index contributed by atoms with van der Waals surface area (Å²) >= 11 is 0. The molecule has 7 heteroatoms. The Labute approximate surface area is 138 Å². The number of hydrogen-bond donors (Lipinski definition) is 3. The Hall–Kier alpha value is -2.54. The Morgan fingerprint density at radius 3 is 2.33 bits per heavy atom. The van der Waals surface area contributed by atoms with Gasteiger partial charge in [-0.15, -0.1) is 0 Å². The average molecular weight is 335 g/mol. The van der Waals surface area contributed by atoms with Crippen LogP contribution in [0.15, 0.2) is 42.7 Å². The van der Waals surface area contributed by atoms with Crippen molar-refractivity contribution >= 4 is 6.03 Å². The molecular formula is C17H19F2N3O2. The Morgan fingerprint density at radius 2 is 1.71 bits per heavy atom. The molecule has 3 N–H and O–H groups in total. The maximum Gasteiger partial charge on any atom is 0.315 e. The van der Waals surface area contributed by atoms with E-state index in [9.17, 15) is 18.7 Å². The van der Waals surface area contributed by atoms with Crippen LogP contribution < -0.4 is 10.6 Å². The van der Waals surface area contributed by atoms with E-state index < -0.39 is 29.8 Å². The van der Waals surface area contributed by atoms with E-state index in [-0.39, 0.29) is 11.6 Å². The molecule has 0 aliphatic carbocycles. The summed E-state index contributed by atoms with van der Waals surface area (Å²) in [6.07, 6.45) is 2.09. The molecular weight excluding hydrogens is 316 g/mol. The minimum atomic E-state index is -1.16.